The van der Waals surface area contributed by atoms with Crippen molar-refractivity contribution >= 4 is 11.8 Å². The molecule has 110 valence electrons. The number of carboxylic acids is 1. The van der Waals surface area contributed by atoms with Crippen LogP contribution in [0.4, 0.5) is 5.82 Å². The first-order valence-corrected chi connectivity index (χ1v) is 6.61. The van der Waals surface area contributed by atoms with E-state index in [2.05, 4.69) is 34.3 Å². The van der Waals surface area contributed by atoms with Crippen LogP contribution in [-0.4, -0.2) is 64.6 Å². The van der Waals surface area contributed by atoms with Gasteiger partial charge in [-0.1, -0.05) is 0 Å². The lowest BCUT2D eigenvalue weighted by Crippen LogP contribution is -2.34. The van der Waals surface area contributed by atoms with Gasteiger partial charge in [0.1, 0.15) is 5.82 Å². The Bertz CT molecular complexity index is 463. The molecule has 1 aliphatic rings. The molecule has 0 aromatic carbocycles. The molecule has 0 aliphatic carbocycles. The second-order valence-electron chi connectivity index (χ2n) is 5.18. The predicted molar refractivity (Wildman–Crippen MR) is 73.9 cm³/mol. The van der Waals surface area contributed by atoms with E-state index in [0.717, 1.165) is 13.1 Å². The van der Waals surface area contributed by atoms with Crippen molar-refractivity contribution in [1.29, 1.82) is 0 Å². The lowest BCUT2D eigenvalue weighted by atomic mass is 10.2. The van der Waals surface area contributed by atoms with E-state index in [1.165, 1.54) is 6.07 Å². The monoisotopic (exact) mass is 280 g/mol. The van der Waals surface area contributed by atoms with Gasteiger partial charge in [0.15, 0.2) is 5.69 Å². The Morgan fingerprint density at radius 3 is 2.70 bits per heavy atom. The van der Waals surface area contributed by atoms with Crippen molar-refractivity contribution in [3.05, 3.63) is 17.8 Å². The first-order valence-electron chi connectivity index (χ1n) is 6.61. The van der Waals surface area contributed by atoms with Crippen LogP contribution < -0.4 is 5.32 Å². The molecule has 0 amide bonds. The molecule has 0 saturated carbocycles. The molecule has 7 heteroatoms. The van der Waals surface area contributed by atoms with Crippen LogP contribution in [0.5, 0.6) is 0 Å². The number of aromatic nitrogens is 2. The SMILES string of the molecule is CO[C@H]1CN(C(C)C)C[C@@H]1Nc1ccc(C(=O)O)nn1. The molecule has 0 radical (unpaired) electrons. The molecule has 1 saturated heterocycles. The van der Waals surface area contributed by atoms with E-state index >= 15 is 0 Å². The molecule has 0 bridgehead atoms. The molecule has 1 aromatic rings. The Labute approximate surface area is 117 Å². The summed E-state index contributed by atoms with van der Waals surface area (Å²) in [5, 5.41) is 19.6. The van der Waals surface area contributed by atoms with Crippen molar-refractivity contribution in [3.63, 3.8) is 0 Å². The largest absolute Gasteiger partial charge is 0.476 e. The molecule has 2 rings (SSSR count). The summed E-state index contributed by atoms with van der Waals surface area (Å²) in [6.07, 6.45) is 0.0818. The number of aromatic carboxylic acids is 1. The molecular formula is C13H20N4O3. The van der Waals surface area contributed by atoms with Crippen LogP contribution >= 0.6 is 0 Å². The highest BCUT2D eigenvalue weighted by atomic mass is 16.5. The zero-order chi connectivity index (χ0) is 14.7. The van der Waals surface area contributed by atoms with Gasteiger partial charge < -0.3 is 15.2 Å². The smallest absolute Gasteiger partial charge is 0.356 e. The summed E-state index contributed by atoms with van der Waals surface area (Å²) in [4.78, 5) is 13.0. The van der Waals surface area contributed by atoms with Crippen LogP contribution in [-0.2, 0) is 4.74 Å². The number of rotatable bonds is 5. The second kappa shape index (κ2) is 6.15. The highest BCUT2D eigenvalue weighted by Crippen LogP contribution is 2.19. The average Bonchev–Trinajstić information content (AvgIpc) is 2.82. The standard InChI is InChI=1S/C13H20N4O3/c1-8(2)17-6-10(11(7-17)20-3)14-12-5-4-9(13(18)19)15-16-12/h4-5,8,10-11H,6-7H2,1-3H3,(H,14,16)(H,18,19)/t10-,11-/m0/s1. The molecule has 1 aromatic heterocycles. The van der Waals surface area contributed by atoms with E-state index in [0.29, 0.717) is 11.9 Å². The normalized spacial score (nSPS) is 23.2. The van der Waals surface area contributed by atoms with Crippen molar-refractivity contribution < 1.29 is 14.6 Å². The molecule has 1 fully saturated rings. The van der Waals surface area contributed by atoms with Gasteiger partial charge in [0.25, 0.3) is 0 Å². The molecule has 2 N–H and O–H groups in total. The Balaban J connectivity index is 2.03. The number of carboxylic acid groups (broad SMARTS) is 1. The fraction of sp³-hybridized carbons (Fsp3) is 0.615. The summed E-state index contributed by atoms with van der Waals surface area (Å²) in [5.41, 5.74) is -0.0610. The topological polar surface area (TPSA) is 87.6 Å². The lowest BCUT2D eigenvalue weighted by Gasteiger charge is -2.20. The highest BCUT2D eigenvalue weighted by Gasteiger charge is 2.34. The number of nitrogens with zero attached hydrogens (tertiary/aromatic N) is 3. The summed E-state index contributed by atoms with van der Waals surface area (Å²) in [5.74, 6) is -0.515. The van der Waals surface area contributed by atoms with Gasteiger partial charge in [-0.2, -0.15) is 0 Å². The quantitative estimate of drug-likeness (QED) is 0.820. The van der Waals surface area contributed by atoms with Crippen LogP contribution in [0, 0.1) is 0 Å². The third-order valence-electron chi connectivity index (χ3n) is 3.54. The number of ether oxygens (including phenoxy) is 1. The number of hydrogen-bond donors (Lipinski definition) is 2. The maximum Gasteiger partial charge on any atom is 0.356 e. The van der Waals surface area contributed by atoms with Gasteiger partial charge in [-0.3, -0.25) is 4.90 Å². The summed E-state index contributed by atoms with van der Waals surface area (Å²) in [6, 6.07) is 3.64. The van der Waals surface area contributed by atoms with Crippen molar-refractivity contribution in [2.45, 2.75) is 32.0 Å². The number of hydrogen-bond acceptors (Lipinski definition) is 6. The third kappa shape index (κ3) is 3.23. The highest BCUT2D eigenvalue weighted by molar-refractivity contribution is 5.85. The minimum Gasteiger partial charge on any atom is -0.476 e. The molecule has 2 atom stereocenters. The maximum absolute atomic E-state index is 10.7. The first kappa shape index (κ1) is 14.7. The minimum absolute atomic E-state index is 0.0610. The summed E-state index contributed by atoms with van der Waals surface area (Å²) in [6.45, 7) is 6.03. The molecule has 20 heavy (non-hydrogen) atoms. The van der Waals surface area contributed by atoms with Crippen LogP contribution in [0.1, 0.15) is 24.3 Å². The van der Waals surface area contributed by atoms with E-state index in [9.17, 15) is 4.79 Å². The summed E-state index contributed by atoms with van der Waals surface area (Å²) < 4.78 is 5.49. The Kier molecular flexibility index (Phi) is 4.51. The molecular weight excluding hydrogens is 260 g/mol. The first-order chi connectivity index (χ1) is 9.51. The van der Waals surface area contributed by atoms with Gasteiger partial charge in [0, 0.05) is 26.2 Å². The zero-order valence-corrected chi connectivity index (χ0v) is 11.9. The molecule has 0 unspecified atom stereocenters. The van der Waals surface area contributed by atoms with E-state index < -0.39 is 5.97 Å². The fourth-order valence-corrected chi connectivity index (χ4v) is 2.32. The second-order valence-corrected chi connectivity index (χ2v) is 5.18. The van der Waals surface area contributed by atoms with Crippen LogP contribution in [0.3, 0.4) is 0 Å². The maximum atomic E-state index is 10.7. The summed E-state index contributed by atoms with van der Waals surface area (Å²) in [7, 11) is 1.70. The van der Waals surface area contributed by atoms with Crippen molar-refractivity contribution in [2.24, 2.45) is 0 Å². The number of anilines is 1. The zero-order valence-electron chi connectivity index (χ0n) is 11.9. The number of methoxy groups -OCH3 is 1. The van der Waals surface area contributed by atoms with Gasteiger partial charge in [0.05, 0.1) is 12.1 Å². The molecule has 7 nitrogen and oxygen atoms in total. The third-order valence-corrected chi connectivity index (χ3v) is 3.54. The van der Waals surface area contributed by atoms with Gasteiger partial charge >= 0.3 is 5.97 Å². The Morgan fingerprint density at radius 2 is 2.20 bits per heavy atom. The van der Waals surface area contributed by atoms with Gasteiger partial charge in [-0.15, -0.1) is 10.2 Å². The minimum atomic E-state index is -1.08. The number of nitrogens with one attached hydrogen (secondary N) is 1. The number of carbonyl (C=O) groups is 1. The predicted octanol–water partition coefficient (Wildman–Crippen LogP) is 0.694. The van der Waals surface area contributed by atoms with Crippen molar-refractivity contribution in [2.75, 3.05) is 25.5 Å². The number of likely N-dealkylation sites (tertiary alicyclic amines) is 1. The van der Waals surface area contributed by atoms with Crippen LogP contribution in [0.2, 0.25) is 0 Å². The van der Waals surface area contributed by atoms with Crippen molar-refractivity contribution in [1.82, 2.24) is 15.1 Å². The van der Waals surface area contributed by atoms with E-state index in [-0.39, 0.29) is 17.8 Å². The molecule has 0 spiro atoms. The fourth-order valence-electron chi connectivity index (χ4n) is 2.32. The Hall–Kier alpha value is -1.73. The van der Waals surface area contributed by atoms with Gasteiger partial charge in [-0.05, 0) is 26.0 Å². The van der Waals surface area contributed by atoms with Crippen molar-refractivity contribution in [3.8, 4) is 0 Å². The van der Waals surface area contributed by atoms with Crippen LogP contribution in [0.15, 0.2) is 12.1 Å². The van der Waals surface area contributed by atoms with Crippen LogP contribution in [0.25, 0.3) is 0 Å². The Morgan fingerprint density at radius 1 is 1.45 bits per heavy atom. The molecule has 2 heterocycles. The molecule has 1 aliphatic heterocycles. The van der Waals surface area contributed by atoms with E-state index in [1.807, 2.05) is 0 Å². The van der Waals surface area contributed by atoms with Gasteiger partial charge in [0.2, 0.25) is 0 Å². The average molecular weight is 280 g/mol. The summed E-state index contributed by atoms with van der Waals surface area (Å²) >= 11 is 0. The van der Waals surface area contributed by atoms with E-state index in [1.54, 1.807) is 13.2 Å². The lowest BCUT2D eigenvalue weighted by molar-refractivity contribution is 0.0689. The van der Waals surface area contributed by atoms with Gasteiger partial charge in [-0.25, -0.2) is 4.79 Å². The van der Waals surface area contributed by atoms with E-state index in [4.69, 9.17) is 9.84 Å².